The zero-order chi connectivity index (χ0) is 10.2. The van der Waals surface area contributed by atoms with Crippen molar-refractivity contribution in [3.63, 3.8) is 0 Å². The maximum Gasteiger partial charge on any atom is 0.124 e. The van der Waals surface area contributed by atoms with Crippen molar-refractivity contribution >= 4 is 27.5 Å². The lowest BCUT2D eigenvalue weighted by molar-refractivity contribution is 0.583. The SMILES string of the molecule is Fc1ccc(CC2(CBr)CC2)c(Cl)c1. The van der Waals surface area contributed by atoms with Crippen LogP contribution < -0.4 is 0 Å². The van der Waals surface area contributed by atoms with Crippen LogP contribution in [0.25, 0.3) is 0 Å². The summed E-state index contributed by atoms with van der Waals surface area (Å²) in [6.45, 7) is 0. The quantitative estimate of drug-likeness (QED) is 0.727. The minimum atomic E-state index is -0.262. The van der Waals surface area contributed by atoms with Gasteiger partial charge in [-0.15, -0.1) is 0 Å². The van der Waals surface area contributed by atoms with Gasteiger partial charge in [-0.3, -0.25) is 0 Å². The topological polar surface area (TPSA) is 0 Å². The molecule has 1 saturated carbocycles. The number of halogens is 3. The average Bonchev–Trinajstić information content (AvgIpc) is 2.91. The van der Waals surface area contributed by atoms with Crippen LogP contribution in [0.5, 0.6) is 0 Å². The molecule has 0 amide bonds. The van der Waals surface area contributed by atoms with Gasteiger partial charge in [0.2, 0.25) is 0 Å². The van der Waals surface area contributed by atoms with E-state index >= 15 is 0 Å². The van der Waals surface area contributed by atoms with Crippen LogP contribution in [-0.4, -0.2) is 5.33 Å². The number of alkyl halides is 1. The third kappa shape index (κ3) is 2.12. The molecule has 2 rings (SSSR count). The molecule has 76 valence electrons. The largest absolute Gasteiger partial charge is 0.207 e. The van der Waals surface area contributed by atoms with Crippen molar-refractivity contribution in [2.45, 2.75) is 19.3 Å². The number of benzene rings is 1. The monoisotopic (exact) mass is 276 g/mol. The van der Waals surface area contributed by atoms with E-state index in [-0.39, 0.29) is 5.82 Å². The minimum absolute atomic E-state index is 0.262. The van der Waals surface area contributed by atoms with Crippen molar-refractivity contribution in [1.82, 2.24) is 0 Å². The third-order valence-corrected chi connectivity index (χ3v) is 4.36. The van der Waals surface area contributed by atoms with E-state index in [9.17, 15) is 4.39 Å². The molecule has 0 aromatic heterocycles. The Morgan fingerprint density at radius 2 is 2.14 bits per heavy atom. The van der Waals surface area contributed by atoms with E-state index < -0.39 is 0 Å². The molecule has 0 bridgehead atoms. The van der Waals surface area contributed by atoms with Gasteiger partial charge in [0.25, 0.3) is 0 Å². The van der Waals surface area contributed by atoms with Crippen LogP contribution in [0.15, 0.2) is 18.2 Å². The molecule has 1 aliphatic carbocycles. The molecule has 0 radical (unpaired) electrons. The summed E-state index contributed by atoms with van der Waals surface area (Å²) in [5.41, 5.74) is 1.45. The standard InChI is InChI=1S/C11H11BrClF/c12-7-11(3-4-11)6-8-1-2-9(14)5-10(8)13/h1-2,5H,3-4,6-7H2. The highest BCUT2D eigenvalue weighted by molar-refractivity contribution is 9.09. The van der Waals surface area contributed by atoms with Crippen molar-refractivity contribution in [3.8, 4) is 0 Å². The molecule has 1 fully saturated rings. The van der Waals surface area contributed by atoms with Gasteiger partial charge in [-0.2, -0.15) is 0 Å². The van der Waals surface area contributed by atoms with E-state index in [1.165, 1.54) is 25.0 Å². The molecule has 0 heterocycles. The highest BCUT2D eigenvalue weighted by Gasteiger charge is 2.41. The van der Waals surface area contributed by atoms with Gasteiger partial charge in [0.15, 0.2) is 0 Å². The molecule has 0 nitrogen and oxygen atoms in total. The van der Waals surface area contributed by atoms with E-state index in [2.05, 4.69) is 15.9 Å². The Morgan fingerprint density at radius 3 is 2.64 bits per heavy atom. The maximum absolute atomic E-state index is 12.8. The summed E-state index contributed by atoms with van der Waals surface area (Å²) in [6.07, 6.45) is 3.44. The summed E-state index contributed by atoms with van der Waals surface area (Å²) in [7, 11) is 0. The molecule has 0 atom stereocenters. The number of hydrogen-bond acceptors (Lipinski definition) is 0. The Hall–Kier alpha value is -0.0800. The molecule has 1 aliphatic rings. The summed E-state index contributed by atoms with van der Waals surface area (Å²) in [6, 6.07) is 4.66. The van der Waals surface area contributed by atoms with E-state index in [0.717, 1.165) is 17.3 Å². The predicted molar refractivity (Wildman–Crippen MR) is 60.6 cm³/mol. The first-order valence-electron chi connectivity index (χ1n) is 4.65. The molecular weight excluding hydrogens is 266 g/mol. The average molecular weight is 278 g/mol. The lowest BCUT2D eigenvalue weighted by Crippen LogP contribution is -2.06. The predicted octanol–water partition coefficient (Wildman–Crippen LogP) is 4.20. The summed E-state index contributed by atoms with van der Waals surface area (Å²) >= 11 is 9.48. The number of rotatable bonds is 3. The maximum atomic E-state index is 12.8. The molecule has 1 aromatic rings. The summed E-state index contributed by atoms with van der Waals surface area (Å²) in [4.78, 5) is 0. The van der Waals surface area contributed by atoms with Gasteiger partial charge in [-0.25, -0.2) is 4.39 Å². The summed E-state index contributed by atoms with van der Waals surface area (Å²) in [5, 5.41) is 1.56. The zero-order valence-corrected chi connectivity index (χ0v) is 10.0. The van der Waals surface area contributed by atoms with Crippen LogP contribution in [-0.2, 0) is 6.42 Å². The smallest absolute Gasteiger partial charge is 0.124 e. The second kappa shape index (κ2) is 3.82. The first kappa shape index (κ1) is 10.4. The van der Waals surface area contributed by atoms with E-state index in [4.69, 9.17) is 11.6 Å². The van der Waals surface area contributed by atoms with Crippen LogP contribution in [0.2, 0.25) is 5.02 Å². The molecule has 0 N–H and O–H groups in total. The van der Waals surface area contributed by atoms with Gasteiger partial charge in [-0.1, -0.05) is 33.6 Å². The normalized spacial score (nSPS) is 18.2. The van der Waals surface area contributed by atoms with Crippen molar-refractivity contribution in [2.24, 2.45) is 5.41 Å². The van der Waals surface area contributed by atoms with E-state index in [1.807, 2.05) is 0 Å². The first-order chi connectivity index (χ1) is 6.65. The Bertz CT molecular complexity index is 347. The van der Waals surface area contributed by atoms with E-state index in [0.29, 0.717) is 10.4 Å². The van der Waals surface area contributed by atoms with Crippen LogP contribution in [0.4, 0.5) is 4.39 Å². The van der Waals surface area contributed by atoms with Gasteiger partial charge < -0.3 is 0 Å². The van der Waals surface area contributed by atoms with Crippen LogP contribution in [0, 0.1) is 11.2 Å². The first-order valence-corrected chi connectivity index (χ1v) is 6.15. The minimum Gasteiger partial charge on any atom is -0.207 e. The fourth-order valence-corrected chi connectivity index (χ4v) is 2.60. The molecule has 0 spiro atoms. The molecule has 0 saturated heterocycles. The van der Waals surface area contributed by atoms with Crippen LogP contribution in [0.1, 0.15) is 18.4 Å². The van der Waals surface area contributed by atoms with Gasteiger partial charge in [0.1, 0.15) is 5.82 Å². The number of hydrogen-bond donors (Lipinski definition) is 0. The lowest BCUT2D eigenvalue weighted by Gasteiger charge is -2.12. The van der Waals surface area contributed by atoms with Crippen molar-refractivity contribution in [2.75, 3.05) is 5.33 Å². The Morgan fingerprint density at radius 1 is 1.43 bits per heavy atom. The Balaban J connectivity index is 2.17. The molecule has 0 aliphatic heterocycles. The molecular formula is C11H11BrClF. The zero-order valence-electron chi connectivity index (χ0n) is 7.69. The summed E-state index contributed by atoms with van der Waals surface area (Å²) in [5.74, 6) is -0.262. The third-order valence-electron chi connectivity index (χ3n) is 2.82. The molecule has 14 heavy (non-hydrogen) atoms. The van der Waals surface area contributed by atoms with Gasteiger partial charge in [0, 0.05) is 10.4 Å². The fraction of sp³-hybridized carbons (Fsp3) is 0.455. The van der Waals surface area contributed by atoms with Crippen molar-refractivity contribution in [1.29, 1.82) is 0 Å². The van der Waals surface area contributed by atoms with Gasteiger partial charge in [-0.05, 0) is 42.4 Å². The van der Waals surface area contributed by atoms with Gasteiger partial charge >= 0.3 is 0 Å². The van der Waals surface area contributed by atoms with Gasteiger partial charge in [0.05, 0.1) is 0 Å². The second-order valence-electron chi connectivity index (χ2n) is 4.05. The highest BCUT2D eigenvalue weighted by atomic mass is 79.9. The highest BCUT2D eigenvalue weighted by Crippen LogP contribution is 2.50. The molecule has 0 unspecified atom stereocenters. The molecule has 3 heteroatoms. The fourth-order valence-electron chi connectivity index (χ4n) is 1.60. The Labute approximate surface area is 96.6 Å². The Kier molecular flexibility index (Phi) is 2.85. The van der Waals surface area contributed by atoms with Crippen LogP contribution in [0.3, 0.4) is 0 Å². The van der Waals surface area contributed by atoms with Crippen molar-refractivity contribution < 1.29 is 4.39 Å². The second-order valence-corrected chi connectivity index (χ2v) is 5.01. The molecule has 1 aromatic carbocycles. The van der Waals surface area contributed by atoms with Crippen LogP contribution >= 0.6 is 27.5 Å². The summed E-state index contributed by atoms with van der Waals surface area (Å²) < 4.78 is 12.8. The lowest BCUT2D eigenvalue weighted by atomic mass is 9.99. The van der Waals surface area contributed by atoms with Crippen molar-refractivity contribution in [3.05, 3.63) is 34.6 Å². The van der Waals surface area contributed by atoms with E-state index in [1.54, 1.807) is 6.07 Å².